The summed E-state index contributed by atoms with van der Waals surface area (Å²) in [4.78, 5) is 36.2. The molecule has 0 saturated carbocycles. The van der Waals surface area contributed by atoms with Crippen LogP contribution in [0.3, 0.4) is 0 Å². The maximum Gasteiger partial charge on any atom is 0.321 e. The first-order valence-corrected chi connectivity index (χ1v) is 9.74. The van der Waals surface area contributed by atoms with Crippen LogP contribution in [-0.4, -0.2) is 63.4 Å². The van der Waals surface area contributed by atoms with Gasteiger partial charge in [-0.3, -0.25) is 14.4 Å². The van der Waals surface area contributed by atoms with Gasteiger partial charge in [0.15, 0.2) is 6.61 Å². The number of hydrogen-bond donors (Lipinski definition) is 2. The van der Waals surface area contributed by atoms with Gasteiger partial charge in [-0.05, 0) is 45.0 Å². The molecule has 0 spiro atoms. The molecule has 2 N–H and O–H groups in total. The van der Waals surface area contributed by atoms with Crippen molar-refractivity contribution in [2.24, 2.45) is 0 Å². The van der Waals surface area contributed by atoms with Crippen LogP contribution in [-0.2, 0) is 29.1 Å². The van der Waals surface area contributed by atoms with Crippen molar-refractivity contribution in [3.63, 3.8) is 0 Å². The van der Waals surface area contributed by atoms with E-state index in [0.717, 1.165) is 29.2 Å². The summed E-state index contributed by atoms with van der Waals surface area (Å²) < 4.78 is 43.5. The maximum absolute atomic E-state index is 12.8. The first-order chi connectivity index (χ1) is 12.8. The lowest BCUT2D eigenvalue weighted by Crippen LogP contribution is -2.47. The first-order valence-electron chi connectivity index (χ1n) is 8.26. The van der Waals surface area contributed by atoms with Crippen LogP contribution in [0, 0.1) is 5.82 Å². The Bertz CT molecular complexity index is 818. The van der Waals surface area contributed by atoms with Crippen LogP contribution in [0.2, 0.25) is 0 Å². The van der Waals surface area contributed by atoms with Gasteiger partial charge in [-0.1, -0.05) is 0 Å². The molecule has 0 aromatic heterocycles. The number of esters is 1. The maximum atomic E-state index is 12.8. The lowest BCUT2D eigenvalue weighted by atomic mass is 10.1. The topological polar surface area (TPSA) is 122 Å². The molecule has 0 unspecified atom stereocenters. The van der Waals surface area contributed by atoms with Gasteiger partial charge in [0.2, 0.25) is 15.9 Å². The van der Waals surface area contributed by atoms with Gasteiger partial charge in [0.25, 0.3) is 5.91 Å². The van der Waals surface area contributed by atoms with Crippen molar-refractivity contribution in [1.29, 1.82) is 0 Å². The quantitative estimate of drug-likeness (QED) is 0.575. The van der Waals surface area contributed by atoms with Crippen LogP contribution in [0.4, 0.5) is 4.39 Å². The number of nitrogens with one attached hydrogen (secondary N) is 2. The van der Waals surface area contributed by atoms with Crippen LogP contribution in [0.15, 0.2) is 29.2 Å². The molecule has 0 aliphatic rings. The SMILES string of the molecule is CN(CC(=O)NC(C)(C)C)C(=O)COC(=O)CNS(=O)(=O)c1ccc(F)cc1. The summed E-state index contributed by atoms with van der Waals surface area (Å²) in [6.45, 7) is 3.81. The van der Waals surface area contributed by atoms with Crippen molar-refractivity contribution in [2.75, 3.05) is 26.7 Å². The zero-order chi connectivity index (χ0) is 21.5. The van der Waals surface area contributed by atoms with E-state index in [2.05, 4.69) is 5.32 Å². The molecule has 0 aliphatic carbocycles. The molecule has 0 saturated heterocycles. The zero-order valence-corrected chi connectivity index (χ0v) is 16.9. The molecule has 1 aromatic rings. The van der Waals surface area contributed by atoms with E-state index in [1.165, 1.54) is 7.05 Å². The van der Waals surface area contributed by atoms with Crippen molar-refractivity contribution in [2.45, 2.75) is 31.2 Å². The van der Waals surface area contributed by atoms with Gasteiger partial charge in [0.1, 0.15) is 12.4 Å². The molecule has 0 atom stereocenters. The van der Waals surface area contributed by atoms with Crippen molar-refractivity contribution in [3.05, 3.63) is 30.1 Å². The number of ether oxygens (including phenoxy) is 1. The molecule has 9 nitrogen and oxygen atoms in total. The monoisotopic (exact) mass is 417 g/mol. The number of nitrogens with zero attached hydrogens (tertiary/aromatic N) is 1. The second-order valence-electron chi connectivity index (χ2n) is 6.99. The van der Waals surface area contributed by atoms with Gasteiger partial charge in [-0.2, -0.15) is 4.72 Å². The number of rotatable bonds is 8. The number of benzene rings is 1. The van der Waals surface area contributed by atoms with E-state index in [-0.39, 0.29) is 17.3 Å². The van der Waals surface area contributed by atoms with Gasteiger partial charge >= 0.3 is 5.97 Å². The third-order valence-electron chi connectivity index (χ3n) is 3.21. The molecular weight excluding hydrogens is 393 g/mol. The fourth-order valence-corrected chi connectivity index (χ4v) is 2.88. The summed E-state index contributed by atoms with van der Waals surface area (Å²) in [5.41, 5.74) is -0.449. The van der Waals surface area contributed by atoms with E-state index < -0.39 is 46.4 Å². The van der Waals surface area contributed by atoms with E-state index in [4.69, 9.17) is 4.74 Å². The molecule has 156 valence electrons. The highest BCUT2D eigenvalue weighted by molar-refractivity contribution is 7.89. The van der Waals surface area contributed by atoms with Crippen LogP contribution in [0.5, 0.6) is 0 Å². The molecule has 0 fully saturated rings. The van der Waals surface area contributed by atoms with E-state index >= 15 is 0 Å². The molecule has 0 heterocycles. The van der Waals surface area contributed by atoms with Crippen molar-refractivity contribution in [1.82, 2.24) is 14.9 Å². The van der Waals surface area contributed by atoms with E-state index in [1.807, 2.05) is 4.72 Å². The van der Waals surface area contributed by atoms with Crippen LogP contribution in [0.25, 0.3) is 0 Å². The highest BCUT2D eigenvalue weighted by Crippen LogP contribution is 2.09. The molecule has 0 bridgehead atoms. The summed E-state index contributed by atoms with van der Waals surface area (Å²) >= 11 is 0. The lowest BCUT2D eigenvalue weighted by molar-refractivity contribution is -0.151. The minimum atomic E-state index is -4.03. The third kappa shape index (κ3) is 8.44. The summed E-state index contributed by atoms with van der Waals surface area (Å²) in [5, 5.41) is 2.68. The summed E-state index contributed by atoms with van der Waals surface area (Å²) in [5.74, 6) is -2.58. The lowest BCUT2D eigenvalue weighted by Gasteiger charge is -2.23. The molecule has 2 amide bonds. The van der Waals surface area contributed by atoms with Crippen molar-refractivity contribution in [3.8, 4) is 0 Å². The number of halogens is 1. The Labute approximate surface area is 163 Å². The fraction of sp³-hybridized carbons (Fsp3) is 0.471. The molecule has 28 heavy (non-hydrogen) atoms. The Kier molecular flexibility index (Phi) is 8.06. The third-order valence-corrected chi connectivity index (χ3v) is 4.63. The number of likely N-dealkylation sites (N-methyl/N-ethyl adjacent to an activating group) is 1. The Hall–Kier alpha value is -2.53. The van der Waals surface area contributed by atoms with Gasteiger partial charge in [0, 0.05) is 12.6 Å². The number of carbonyl (C=O) groups is 3. The summed E-state index contributed by atoms with van der Waals surface area (Å²) in [6.07, 6.45) is 0. The predicted molar refractivity (Wildman–Crippen MR) is 98.1 cm³/mol. The number of sulfonamides is 1. The smallest absolute Gasteiger partial charge is 0.321 e. The Balaban J connectivity index is 2.44. The minimum absolute atomic E-state index is 0.217. The second-order valence-corrected chi connectivity index (χ2v) is 8.75. The minimum Gasteiger partial charge on any atom is -0.455 e. The van der Waals surface area contributed by atoms with Gasteiger partial charge in [-0.15, -0.1) is 0 Å². The van der Waals surface area contributed by atoms with E-state index in [9.17, 15) is 27.2 Å². The standard InChI is InChI=1S/C17H24FN3O6S/c1-17(2,3)20-14(22)10-21(4)15(23)11-27-16(24)9-19-28(25,26)13-7-5-12(18)6-8-13/h5-8,19H,9-11H2,1-4H3,(H,20,22). The first kappa shape index (κ1) is 23.5. The molecule has 1 aromatic carbocycles. The largest absolute Gasteiger partial charge is 0.455 e. The number of hydrogen-bond acceptors (Lipinski definition) is 6. The van der Waals surface area contributed by atoms with E-state index in [1.54, 1.807) is 20.8 Å². The predicted octanol–water partition coefficient (Wildman–Crippen LogP) is 0.0203. The van der Waals surface area contributed by atoms with Gasteiger partial charge in [-0.25, -0.2) is 12.8 Å². The Morgan fingerprint density at radius 3 is 2.25 bits per heavy atom. The zero-order valence-electron chi connectivity index (χ0n) is 16.1. The molecule has 11 heteroatoms. The molecule has 0 aliphatic heterocycles. The normalized spacial score (nSPS) is 11.6. The average molecular weight is 417 g/mol. The van der Waals surface area contributed by atoms with Crippen molar-refractivity contribution >= 4 is 27.8 Å². The van der Waals surface area contributed by atoms with Crippen LogP contribution < -0.4 is 10.0 Å². The van der Waals surface area contributed by atoms with Crippen molar-refractivity contribution < 1.29 is 31.9 Å². The highest BCUT2D eigenvalue weighted by atomic mass is 32.2. The van der Waals surface area contributed by atoms with E-state index in [0.29, 0.717) is 0 Å². The fourth-order valence-electron chi connectivity index (χ4n) is 1.92. The van der Waals surface area contributed by atoms with Gasteiger partial charge in [0.05, 0.1) is 11.4 Å². The van der Waals surface area contributed by atoms with Crippen LogP contribution >= 0.6 is 0 Å². The Morgan fingerprint density at radius 1 is 1.14 bits per heavy atom. The van der Waals surface area contributed by atoms with Crippen LogP contribution in [0.1, 0.15) is 20.8 Å². The molecular formula is C17H24FN3O6S. The van der Waals surface area contributed by atoms with Gasteiger partial charge < -0.3 is 15.0 Å². The second kappa shape index (κ2) is 9.60. The summed E-state index contributed by atoms with van der Waals surface area (Å²) in [6, 6.07) is 4.03. The Morgan fingerprint density at radius 2 is 1.71 bits per heavy atom. The molecule has 0 radical (unpaired) electrons. The number of carbonyl (C=O) groups excluding carboxylic acids is 3. The number of amides is 2. The highest BCUT2D eigenvalue weighted by Gasteiger charge is 2.20. The molecule has 1 rings (SSSR count). The average Bonchev–Trinajstić information content (AvgIpc) is 2.56. The summed E-state index contributed by atoms with van der Waals surface area (Å²) in [7, 11) is -2.66.